The Hall–Kier alpha value is -2.37. The fourth-order valence-electron chi connectivity index (χ4n) is 1.82. The first kappa shape index (κ1) is 18.7. The normalized spacial score (nSPS) is 12.2. The fourth-order valence-corrected chi connectivity index (χ4v) is 1.82. The van der Waals surface area contributed by atoms with Crippen molar-refractivity contribution < 1.29 is 23.9 Å². The maximum Gasteiger partial charge on any atom is 0.408 e. The molecule has 0 fully saturated rings. The quantitative estimate of drug-likeness (QED) is 0.813. The summed E-state index contributed by atoms with van der Waals surface area (Å²) < 4.78 is 9.90. The number of carbonyl (C=O) groups is 3. The number of esters is 1. The minimum atomic E-state index is -0.827. The number of rotatable bonds is 6. The van der Waals surface area contributed by atoms with Crippen LogP contribution in [0.2, 0.25) is 0 Å². The monoisotopic (exact) mass is 321 g/mol. The van der Waals surface area contributed by atoms with Gasteiger partial charge in [-0.2, -0.15) is 0 Å². The number of Topliss-reactive ketones (excluding diaryl/α,β-unsaturated/α-hetero) is 1. The van der Waals surface area contributed by atoms with Gasteiger partial charge in [0.15, 0.2) is 12.4 Å². The average molecular weight is 321 g/mol. The molecule has 0 aliphatic rings. The Bertz CT molecular complexity index is 548. The van der Waals surface area contributed by atoms with Crippen LogP contribution in [0.3, 0.4) is 0 Å². The third kappa shape index (κ3) is 7.99. The highest BCUT2D eigenvalue weighted by molar-refractivity contribution is 5.89. The zero-order valence-electron chi connectivity index (χ0n) is 13.9. The Kier molecular flexibility index (Phi) is 6.75. The van der Waals surface area contributed by atoms with Crippen LogP contribution in [0.4, 0.5) is 4.79 Å². The van der Waals surface area contributed by atoms with E-state index in [1.807, 2.05) is 30.3 Å². The molecule has 0 saturated heterocycles. The molecule has 126 valence electrons. The summed E-state index contributed by atoms with van der Waals surface area (Å²) in [4.78, 5) is 35.0. The SMILES string of the molecule is CC(=O)OCC(=O)[C@H](Cc1ccccc1)NC(=O)OC(C)(C)C. The van der Waals surface area contributed by atoms with Gasteiger partial charge in [-0.25, -0.2) is 4.79 Å². The second kappa shape index (κ2) is 8.31. The Morgan fingerprint density at radius 2 is 1.74 bits per heavy atom. The first-order chi connectivity index (χ1) is 10.7. The van der Waals surface area contributed by atoms with E-state index in [0.717, 1.165) is 5.56 Å². The van der Waals surface area contributed by atoms with Gasteiger partial charge in [-0.15, -0.1) is 0 Å². The zero-order chi connectivity index (χ0) is 17.5. The molecule has 0 bridgehead atoms. The third-order valence-electron chi connectivity index (χ3n) is 2.78. The van der Waals surface area contributed by atoms with Crippen LogP contribution in [0.1, 0.15) is 33.3 Å². The summed E-state index contributed by atoms with van der Waals surface area (Å²) in [5.41, 5.74) is 0.213. The molecule has 0 unspecified atom stereocenters. The molecule has 0 saturated carbocycles. The molecule has 1 aromatic rings. The lowest BCUT2D eigenvalue weighted by molar-refractivity contribution is -0.146. The molecule has 0 aliphatic carbocycles. The molecule has 0 radical (unpaired) electrons. The van der Waals surface area contributed by atoms with Gasteiger partial charge < -0.3 is 14.8 Å². The molecule has 1 rings (SSSR count). The standard InChI is InChI=1S/C17H23NO5/c1-12(19)22-11-15(20)14(10-13-8-6-5-7-9-13)18-16(21)23-17(2,3)4/h5-9,14H,10-11H2,1-4H3,(H,18,21)/t14-/m0/s1. The maximum atomic E-state index is 12.2. The van der Waals surface area contributed by atoms with Gasteiger partial charge in [-0.3, -0.25) is 9.59 Å². The second-order valence-electron chi connectivity index (χ2n) is 6.14. The number of ether oxygens (including phenoxy) is 2. The third-order valence-corrected chi connectivity index (χ3v) is 2.78. The number of alkyl carbamates (subject to hydrolysis) is 1. The van der Waals surface area contributed by atoms with E-state index in [2.05, 4.69) is 5.32 Å². The summed E-state index contributed by atoms with van der Waals surface area (Å²) in [6.45, 7) is 6.04. The number of hydrogen-bond donors (Lipinski definition) is 1. The molecule has 0 heterocycles. The van der Waals surface area contributed by atoms with E-state index in [4.69, 9.17) is 9.47 Å². The molecule has 6 heteroatoms. The highest BCUT2D eigenvalue weighted by Crippen LogP contribution is 2.09. The van der Waals surface area contributed by atoms with Gasteiger partial charge in [-0.1, -0.05) is 30.3 Å². The Balaban J connectivity index is 2.77. The Labute approximate surface area is 136 Å². The first-order valence-corrected chi connectivity index (χ1v) is 7.37. The molecule has 0 aromatic heterocycles. The topological polar surface area (TPSA) is 81.7 Å². The lowest BCUT2D eigenvalue weighted by Gasteiger charge is -2.23. The molecule has 23 heavy (non-hydrogen) atoms. The molecule has 1 aromatic carbocycles. The number of nitrogens with one attached hydrogen (secondary N) is 1. The van der Waals surface area contributed by atoms with E-state index in [1.54, 1.807) is 20.8 Å². The molecule has 0 spiro atoms. The number of amides is 1. The number of benzene rings is 1. The van der Waals surface area contributed by atoms with Crippen LogP contribution >= 0.6 is 0 Å². The summed E-state index contributed by atoms with van der Waals surface area (Å²) in [5.74, 6) is -0.941. The average Bonchev–Trinajstić information content (AvgIpc) is 2.43. The number of carbonyl (C=O) groups excluding carboxylic acids is 3. The van der Waals surface area contributed by atoms with Gasteiger partial charge in [0.2, 0.25) is 0 Å². The van der Waals surface area contributed by atoms with Crippen molar-refractivity contribution >= 4 is 17.8 Å². The molecule has 1 amide bonds. The minimum Gasteiger partial charge on any atom is -0.458 e. The highest BCUT2D eigenvalue weighted by Gasteiger charge is 2.25. The van der Waals surface area contributed by atoms with Crippen molar-refractivity contribution in [2.24, 2.45) is 0 Å². The fraction of sp³-hybridized carbons (Fsp3) is 0.471. The van der Waals surface area contributed by atoms with E-state index >= 15 is 0 Å². The van der Waals surface area contributed by atoms with Crippen LogP contribution in [0.25, 0.3) is 0 Å². The van der Waals surface area contributed by atoms with E-state index < -0.39 is 29.5 Å². The van der Waals surface area contributed by atoms with Crippen LogP contribution in [0.15, 0.2) is 30.3 Å². The molecular weight excluding hydrogens is 298 g/mol. The van der Waals surface area contributed by atoms with Crippen molar-refractivity contribution in [1.82, 2.24) is 5.32 Å². The van der Waals surface area contributed by atoms with E-state index in [9.17, 15) is 14.4 Å². The summed E-state index contributed by atoms with van der Waals surface area (Å²) in [6.07, 6.45) is -0.394. The van der Waals surface area contributed by atoms with Gasteiger partial charge in [0.05, 0.1) is 6.04 Å². The molecule has 1 N–H and O–H groups in total. The van der Waals surface area contributed by atoms with Gasteiger partial charge in [-0.05, 0) is 26.3 Å². The Morgan fingerprint density at radius 3 is 2.26 bits per heavy atom. The molecule has 0 aliphatic heterocycles. The maximum absolute atomic E-state index is 12.2. The van der Waals surface area contributed by atoms with Crippen molar-refractivity contribution in [3.05, 3.63) is 35.9 Å². The van der Waals surface area contributed by atoms with Crippen molar-refractivity contribution in [3.8, 4) is 0 Å². The molecule has 6 nitrogen and oxygen atoms in total. The van der Waals surface area contributed by atoms with Gasteiger partial charge in [0, 0.05) is 13.3 Å². The summed E-state index contributed by atoms with van der Waals surface area (Å²) in [5, 5.41) is 2.54. The van der Waals surface area contributed by atoms with Crippen LogP contribution in [-0.2, 0) is 25.5 Å². The van der Waals surface area contributed by atoms with E-state index in [1.165, 1.54) is 6.92 Å². The van der Waals surface area contributed by atoms with E-state index in [-0.39, 0.29) is 6.61 Å². The van der Waals surface area contributed by atoms with Crippen LogP contribution in [0, 0.1) is 0 Å². The van der Waals surface area contributed by atoms with Crippen LogP contribution in [0.5, 0.6) is 0 Å². The number of hydrogen-bond acceptors (Lipinski definition) is 5. The van der Waals surface area contributed by atoms with E-state index in [0.29, 0.717) is 6.42 Å². The minimum absolute atomic E-state index is 0.292. The van der Waals surface area contributed by atoms with Crippen molar-refractivity contribution in [2.75, 3.05) is 6.61 Å². The zero-order valence-corrected chi connectivity index (χ0v) is 13.9. The summed E-state index contributed by atoms with van der Waals surface area (Å²) in [6, 6.07) is 8.42. The smallest absolute Gasteiger partial charge is 0.408 e. The van der Waals surface area contributed by atoms with Gasteiger partial charge >= 0.3 is 12.1 Å². The van der Waals surface area contributed by atoms with Gasteiger partial charge in [0.1, 0.15) is 5.60 Å². The summed E-state index contributed by atoms with van der Waals surface area (Å²) >= 11 is 0. The lowest BCUT2D eigenvalue weighted by Crippen LogP contribution is -2.46. The molecular formula is C17H23NO5. The van der Waals surface area contributed by atoms with Gasteiger partial charge in [0.25, 0.3) is 0 Å². The van der Waals surface area contributed by atoms with Crippen molar-refractivity contribution in [1.29, 1.82) is 0 Å². The largest absolute Gasteiger partial charge is 0.458 e. The second-order valence-corrected chi connectivity index (χ2v) is 6.14. The van der Waals surface area contributed by atoms with Crippen LogP contribution < -0.4 is 5.32 Å². The Morgan fingerprint density at radius 1 is 1.13 bits per heavy atom. The first-order valence-electron chi connectivity index (χ1n) is 7.37. The molecule has 1 atom stereocenters. The summed E-state index contributed by atoms with van der Waals surface area (Å²) in [7, 11) is 0. The lowest BCUT2D eigenvalue weighted by atomic mass is 10.0. The van der Waals surface area contributed by atoms with Crippen molar-refractivity contribution in [3.63, 3.8) is 0 Å². The predicted octanol–water partition coefficient (Wildman–Crippen LogP) is 2.25. The number of ketones is 1. The van der Waals surface area contributed by atoms with Crippen LogP contribution in [-0.4, -0.2) is 36.1 Å². The highest BCUT2D eigenvalue weighted by atomic mass is 16.6. The van der Waals surface area contributed by atoms with Crippen molar-refractivity contribution in [2.45, 2.75) is 45.8 Å². The predicted molar refractivity (Wildman–Crippen MR) is 84.9 cm³/mol.